The normalized spacial score (nSPS) is 17.8. The Labute approximate surface area is 118 Å². The molecule has 1 N–H and O–H groups in total. The zero-order valence-electron chi connectivity index (χ0n) is 11.7. The maximum atomic E-state index is 12.5. The molecule has 108 valence electrons. The van der Waals surface area contributed by atoms with Crippen LogP contribution in [-0.4, -0.2) is 43.0 Å². The highest BCUT2D eigenvalue weighted by atomic mass is 16.5. The summed E-state index contributed by atoms with van der Waals surface area (Å²) >= 11 is 0. The van der Waals surface area contributed by atoms with E-state index < -0.39 is 5.97 Å². The second kappa shape index (κ2) is 7.05. The standard InChI is InChI=1S/C15H20N2O3/c1-20-14(18)11-17(10-12-6-3-2-4-7-12)15(19)13-8-5-9-16-13/h2-4,6-7,13,16H,5,8-11H2,1H3/t13-/m1/s1. The van der Waals surface area contributed by atoms with Crippen molar-refractivity contribution >= 4 is 11.9 Å². The molecular weight excluding hydrogens is 256 g/mol. The van der Waals surface area contributed by atoms with Crippen LogP contribution in [0.4, 0.5) is 0 Å². The summed E-state index contributed by atoms with van der Waals surface area (Å²) in [5, 5.41) is 3.17. The van der Waals surface area contributed by atoms with Crippen LogP contribution in [0, 0.1) is 0 Å². The second-order valence-electron chi connectivity index (χ2n) is 4.90. The fraction of sp³-hybridized carbons (Fsp3) is 0.467. The zero-order chi connectivity index (χ0) is 14.4. The number of amides is 1. The van der Waals surface area contributed by atoms with E-state index in [2.05, 4.69) is 10.1 Å². The first kappa shape index (κ1) is 14.5. The van der Waals surface area contributed by atoms with Gasteiger partial charge in [0.15, 0.2) is 0 Å². The van der Waals surface area contributed by atoms with Crippen molar-refractivity contribution in [3.63, 3.8) is 0 Å². The Hall–Kier alpha value is -1.88. The van der Waals surface area contributed by atoms with E-state index >= 15 is 0 Å². The molecule has 5 nitrogen and oxygen atoms in total. The average molecular weight is 276 g/mol. The molecule has 1 amide bonds. The Bertz CT molecular complexity index is 455. The Balaban J connectivity index is 2.07. The van der Waals surface area contributed by atoms with Crippen LogP contribution >= 0.6 is 0 Å². The predicted octanol–water partition coefficient (Wildman–Crippen LogP) is 0.940. The summed E-state index contributed by atoms with van der Waals surface area (Å²) in [7, 11) is 1.33. The highest BCUT2D eigenvalue weighted by Crippen LogP contribution is 2.12. The van der Waals surface area contributed by atoms with Gasteiger partial charge in [-0.15, -0.1) is 0 Å². The summed E-state index contributed by atoms with van der Waals surface area (Å²) in [4.78, 5) is 25.5. The molecule has 2 rings (SSSR count). The van der Waals surface area contributed by atoms with Gasteiger partial charge in [-0.2, -0.15) is 0 Å². The third-order valence-corrected chi connectivity index (χ3v) is 3.43. The van der Waals surface area contributed by atoms with Gasteiger partial charge in [-0.3, -0.25) is 9.59 Å². The van der Waals surface area contributed by atoms with E-state index in [9.17, 15) is 9.59 Å². The van der Waals surface area contributed by atoms with Gasteiger partial charge >= 0.3 is 5.97 Å². The molecule has 1 aromatic carbocycles. The van der Waals surface area contributed by atoms with Crippen molar-refractivity contribution in [3.8, 4) is 0 Å². The number of nitrogens with one attached hydrogen (secondary N) is 1. The zero-order valence-corrected chi connectivity index (χ0v) is 11.7. The fourth-order valence-electron chi connectivity index (χ4n) is 2.35. The van der Waals surface area contributed by atoms with Crippen molar-refractivity contribution in [3.05, 3.63) is 35.9 Å². The van der Waals surface area contributed by atoms with Gasteiger partial charge in [0.25, 0.3) is 0 Å². The molecule has 0 spiro atoms. The van der Waals surface area contributed by atoms with Gasteiger partial charge in [0.2, 0.25) is 5.91 Å². The van der Waals surface area contributed by atoms with Crippen molar-refractivity contribution in [2.45, 2.75) is 25.4 Å². The van der Waals surface area contributed by atoms with E-state index in [1.165, 1.54) is 7.11 Å². The van der Waals surface area contributed by atoms with Crippen molar-refractivity contribution < 1.29 is 14.3 Å². The molecular formula is C15H20N2O3. The lowest BCUT2D eigenvalue weighted by molar-refractivity contribution is -0.148. The van der Waals surface area contributed by atoms with Crippen molar-refractivity contribution in [2.75, 3.05) is 20.2 Å². The molecule has 1 fully saturated rings. The van der Waals surface area contributed by atoms with E-state index in [1.54, 1.807) is 4.90 Å². The van der Waals surface area contributed by atoms with Crippen LogP contribution in [0.15, 0.2) is 30.3 Å². The molecule has 1 aliphatic rings. The summed E-state index contributed by atoms with van der Waals surface area (Å²) in [6, 6.07) is 9.48. The minimum absolute atomic E-state index is 0.0115. The number of hydrogen-bond acceptors (Lipinski definition) is 4. The molecule has 1 aromatic rings. The van der Waals surface area contributed by atoms with E-state index in [-0.39, 0.29) is 18.5 Å². The molecule has 1 atom stereocenters. The Morgan fingerprint density at radius 2 is 2.10 bits per heavy atom. The monoisotopic (exact) mass is 276 g/mol. The van der Waals surface area contributed by atoms with E-state index in [0.717, 1.165) is 24.9 Å². The topological polar surface area (TPSA) is 58.6 Å². The number of rotatable bonds is 5. The molecule has 0 aromatic heterocycles. The van der Waals surface area contributed by atoms with Gasteiger partial charge in [0.05, 0.1) is 13.2 Å². The van der Waals surface area contributed by atoms with Crippen LogP contribution in [-0.2, 0) is 20.9 Å². The Kier molecular flexibility index (Phi) is 5.12. The van der Waals surface area contributed by atoms with Gasteiger partial charge in [-0.1, -0.05) is 30.3 Å². The lowest BCUT2D eigenvalue weighted by atomic mass is 10.1. The number of ether oxygens (including phenoxy) is 1. The quantitative estimate of drug-likeness (QED) is 0.813. The minimum atomic E-state index is -0.396. The Morgan fingerprint density at radius 3 is 2.70 bits per heavy atom. The number of esters is 1. The molecule has 0 unspecified atom stereocenters. The smallest absolute Gasteiger partial charge is 0.325 e. The fourth-order valence-corrected chi connectivity index (χ4v) is 2.35. The van der Waals surface area contributed by atoms with Crippen molar-refractivity contribution in [1.82, 2.24) is 10.2 Å². The van der Waals surface area contributed by atoms with Crippen molar-refractivity contribution in [1.29, 1.82) is 0 Å². The summed E-state index contributed by atoms with van der Waals surface area (Å²) in [5.41, 5.74) is 1.00. The maximum absolute atomic E-state index is 12.5. The van der Waals surface area contributed by atoms with Crippen LogP contribution in [0.1, 0.15) is 18.4 Å². The first-order chi connectivity index (χ1) is 9.70. The number of methoxy groups -OCH3 is 1. The molecule has 5 heteroatoms. The highest BCUT2D eigenvalue weighted by Gasteiger charge is 2.28. The molecule has 1 saturated heterocycles. The first-order valence-corrected chi connectivity index (χ1v) is 6.83. The van der Waals surface area contributed by atoms with Crippen molar-refractivity contribution in [2.24, 2.45) is 0 Å². The second-order valence-corrected chi connectivity index (χ2v) is 4.90. The minimum Gasteiger partial charge on any atom is -0.468 e. The molecule has 1 heterocycles. The number of nitrogens with zero attached hydrogens (tertiary/aromatic N) is 1. The van der Waals surface area contributed by atoms with Gasteiger partial charge in [-0.25, -0.2) is 0 Å². The molecule has 0 radical (unpaired) electrons. The first-order valence-electron chi connectivity index (χ1n) is 6.83. The van der Waals surface area contributed by atoms with Crippen LogP contribution in [0.25, 0.3) is 0 Å². The maximum Gasteiger partial charge on any atom is 0.325 e. The van der Waals surface area contributed by atoms with E-state index in [1.807, 2.05) is 30.3 Å². The third-order valence-electron chi connectivity index (χ3n) is 3.43. The molecule has 0 aliphatic carbocycles. The Morgan fingerprint density at radius 1 is 1.35 bits per heavy atom. The highest BCUT2D eigenvalue weighted by molar-refractivity contribution is 5.86. The average Bonchev–Trinajstić information content (AvgIpc) is 3.01. The number of hydrogen-bond donors (Lipinski definition) is 1. The van der Waals surface area contributed by atoms with E-state index in [4.69, 9.17) is 0 Å². The molecule has 0 saturated carbocycles. The summed E-state index contributed by atoms with van der Waals surface area (Å²) in [6.07, 6.45) is 1.82. The largest absolute Gasteiger partial charge is 0.468 e. The van der Waals surface area contributed by atoms with Crippen LogP contribution in [0.3, 0.4) is 0 Å². The van der Waals surface area contributed by atoms with Crippen LogP contribution in [0.5, 0.6) is 0 Å². The van der Waals surface area contributed by atoms with Gasteiger partial charge in [0, 0.05) is 6.54 Å². The lowest BCUT2D eigenvalue weighted by Crippen LogP contribution is -2.45. The van der Waals surface area contributed by atoms with Gasteiger partial charge < -0.3 is 15.0 Å². The van der Waals surface area contributed by atoms with Gasteiger partial charge in [0.1, 0.15) is 6.54 Å². The lowest BCUT2D eigenvalue weighted by Gasteiger charge is -2.24. The van der Waals surface area contributed by atoms with E-state index in [0.29, 0.717) is 6.54 Å². The van der Waals surface area contributed by atoms with Crippen LogP contribution < -0.4 is 5.32 Å². The predicted molar refractivity (Wildman–Crippen MR) is 74.9 cm³/mol. The van der Waals surface area contributed by atoms with Gasteiger partial charge in [-0.05, 0) is 24.9 Å². The van der Waals surface area contributed by atoms with Crippen LogP contribution in [0.2, 0.25) is 0 Å². The number of carbonyl (C=O) groups is 2. The molecule has 0 bridgehead atoms. The number of benzene rings is 1. The number of carbonyl (C=O) groups excluding carboxylic acids is 2. The summed E-state index contributed by atoms with van der Waals surface area (Å²) < 4.78 is 4.68. The molecule has 20 heavy (non-hydrogen) atoms. The summed E-state index contributed by atoms with van der Waals surface area (Å²) in [6.45, 7) is 1.27. The summed E-state index contributed by atoms with van der Waals surface area (Å²) in [5.74, 6) is -0.427. The third kappa shape index (κ3) is 3.81. The molecule has 1 aliphatic heterocycles. The SMILES string of the molecule is COC(=O)CN(Cc1ccccc1)C(=O)[C@H]1CCCN1.